The van der Waals surface area contributed by atoms with Gasteiger partial charge in [-0.15, -0.1) is 0 Å². The van der Waals surface area contributed by atoms with Crippen LogP contribution in [-0.4, -0.2) is 29.3 Å². The summed E-state index contributed by atoms with van der Waals surface area (Å²) in [7, 11) is 2.01. The fourth-order valence-electron chi connectivity index (χ4n) is 0.952. The maximum absolute atomic E-state index is 10.7. The van der Waals surface area contributed by atoms with Gasteiger partial charge < -0.3 is 0 Å². The van der Waals surface area contributed by atoms with Gasteiger partial charge in [0.1, 0.15) is 0 Å². The molecule has 0 radical (unpaired) electrons. The lowest BCUT2D eigenvalue weighted by molar-refractivity contribution is -0.112. The summed E-state index contributed by atoms with van der Waals surface area (Å²) in [5, 5.41) is 0. The number of hydrogen-bond donors (Lipinski definition) is 0. The Kier molecular flexibility index (Phi) is 1.59. The second-order valence-electron chi connectivity index (χ2n) is 3.97. The van der Waals surface area contributed by atoms with Gasteiger partial charge in [-0.1, -0.05) is 0 Å². The van der Waals surface area contributed by atoms with Crippen LogP contribution in [0.25, 0.3) is 0 Å². The molecule has 2 heteroatoms. The van der Waals surface area contributed by atoms with Crippen molar-refractivity contribution < 1.29 is 4.79 Å². The first-order valence-electron chi connectivity index (χ1n) is 3.68. The van der Waals surface area contributed by atoms with Crippen LogP contribution in [0.3, 0.4) is 0 Å². The van der Waals surface area contributed by atoms with Gasteiger partial charge in [0.2, 0.25) is 0 Å². The van der Waals surface area contributed by atoms with Crippen LogP contribution in [0.5, 0.6) is 0 Å². The van der Waals surface area contributed by atoms with E-state index in [-0.39, 0.29) is 11.6 Å². The maximum atomic E-state index is 10.7. The molecule has 58 valence electrons. The van der Waals surface area contributed by atoms with Crippen LogP contribution in [0.2, 0.25) is 0 Å². The lowest BCUT2D eigenvalue weighted by Gasteiger charge is -2.30. The van der Waals surface area contributed by atoms with E-state index in [2.05, 4.69) is 25.7 Å². The van der Waals surface area contributed by atoms with E-state index in [0.717, 1.165) is 6.42 Å². The summed E-state index contributed by atoms with van der Waals surface area (Å²) in [4.78, 5) is 12.9. The van der Waals surface area contributed by atoms with Crippen LogP contribution in [0, 0.1) is 0 Å². The molecule has 0 saturated heterocycles. The van der Waals surface area contributed by atoms with Crippen molar-refractivity contribution in [2.75, 3.05) is 7.05 Å². The van der Waals surface area contributed by atoms with Gasteiger partial charge in [0.05, 0.1) is 6.04 Å². The summed E-state index contributed by atoms with van der Waals surface area (Å²) in [5.41, 5.74) is 0.136. The molecule has 0 aromatic heterocycles. The first kappa shape index (κ1) is 7.73. The summed E-state index contributed by atoms with van der Waals surface area (Å²) < 4.78 is 0. The average Bonchev–Trinajstić information content (AvgIpc) is 2.42. The monoisotopic (exact) mass is 141 g/mol. The average molecular weight is 141 g/mol. The first-order valence-corrected chi connectivity index (χ1v) is 3.68. The predicted molar refractivity (Wildman–Crippen MR) is 40.9 cm³/mol. The molecular weight excluding hydrogens is 126 g/mol. The first-order chi connectivity index (χ1) is 4.43. The Labute approximate surface area is 62.2 Å². The van der Waals surface area contributed by atoms with E-state index >= 15 is 0 Å². The van der Waals surface area contributed by atoms with E-state index in [0.29, 0.717) is 5.78 Å². The van der Waals surface area contributed by atoms with Gasteiger partial charge in [-0.05, 0) is 27.8 Å². The highest BCUT2D eigenvalue weighted by Crippen LogP contribution is 2.26. The molecule has 0 aliphatic heterocycles. The Morgan fingerprint density at radius 2 is 1.90 bits per heavy atom. The molecule has 0 aromatic rings. The number of nitrogens with zero attached hydrogens (tertiary/aromatic N) is 1. The standard InChI is InChI=1S/C8H15NO/c1-8(2,3)9(4)6-5-7(6)10/h6H,5H2,1-4H3. The predicted octanol–water partition coefficient (Wildman–Crippen LogP) is 1.06. The van der Waals surface area contributed by atoms with Crippen molar-refractivity contribution in [1.29, 1.82) is 0 Å². The Hall–Kier alpha value is -0.370. The topological polar surface area (TPSA) is 20.3 Å². The van der Waals surface area contributed by atoms with E-state index < -0.39 is 0 Å². The molecule has 0 aromatic carbocycles. The van der Waals surface area contributed by atoms with Gasteiger partial charge in [-0.25, -0.2) is 0 Å². The zero-order valence-electron chi connectivity index (χ0n) is 7.14. The van der Waals surface area contributed by atoms with Gasteiger partial charge in [0.15, 0.2) is 5.78 Å². The fraction of sp³-hybridized carbons (Fsp3) is 0.875. The van der Waals surface area contributed by atoms with Crippen molar-refractivity contribution in [2.45, 2.75) is 38.8 Å². The highest BCUT2D eigenvalue weighted by atomic mass is 16.1. The molecule has 1 unspecified atom stereocenters. The largest absolute Gasteiger partial charge is 0.298 e. The van der Waals surface area contributed by atoms with Crippen LogP contribution >= 0.6 is 0 Å². The molecule has 0 N–H and O–H groups in total. The minimum Gasteiger partial charge on any atom is -0.298 e. The van der Waals surface area contributed by atoms with Crippen molar-refractivity contribution in [3.8, 4) is 0 Å². The molecule has 0 heterocycles. The Morgan fingerprint density at radius 3 is 2.00 bits per heavy atom. The van der Waals surface area contributed by atoms with Crippen molar-refractivity contribution in [3.05, 3.63) is 0 Å². The number of rotatable bonds is 1. The van der Waals surface area contributed by atoms with Gasteiger partial charge in [0.25, 0.3) is 0 Å². The second kappa shape index (κ2) is 2.06. The van der Waals surface area contributed by atoms with Crippen molar-refractivity contribution in [1.82, 2.24) is 4.90 Å². The third-order valence-electron chi connectivity index (χ3n) is 2.13. The summed E-state index contributed by atoms with van der Waals surface area (Å²) >= 11 is 0. The molecule has 10 heavy (non-hydrogen) atoms. The Morgan fingerprint density at radius 1 is 1.50 bits per heavy atom. The van der Waals surface area contributed by atoms with Crippen molar-refractivity contribution in [2.24, 2.45) is 0 Å². The fourth-order valence-corrected chi connectivity index (χ4v) is 0.952. The van der Waals surface area contributed by atoms with Crippen molar-refractivity contribution in [3.63, 3.8) is 0 Å². The van der Waals surface area contributed by atoms with Crippen LogP contribution in [0.15, 0.2) is 0 Å². The van der Waals surface area contributed by atoms with Crippen LogP contribution < -0.4 is 0 Å². The highest BCUT2D eigenvalue weighted by molar-refractivity contribution is 5.99. The quantitative estimate of drug-likeness (QED) is 0.544. The Balaban J connectivity index is 2.50. The van der Waals surface area contributed by atoms with E-state index in [4.69, 9.17) is 0 Å². The molecule has 0 amide bonds. The van der Waals surface area contributed by atoms with Crippen LogP contribution in [-0.2, 0) is 4.79 Å². The zero-order valence-corrected chi connectivity index (χ0v) is 7.14. The molecule has 0 bridgehead atoms. The molecule has 1 aliphatic rings. The number of carbonyl (C=O) groups excluding carboxylic acids is 1. The molecule has 1 saturated carbocycles. The maximum Gasteiger partial charge on any atom is 0.152 e. The summed E-state index contributed by atoms with van der Waals surface area (Å²) in [6.07, 6.45) is 0.758. The second-order valence-corrected chi connectivity index (χ2v) is 3.97. The minimum absolute atomic E-state index is 0.136. The zero-order chi connectivity index (χ0) is 7.94. The SMILES string of the molecule is CN(C1CC1=O)C(C)(C)C. The number of ketones is 1. The van der Waals surface area contributed by atoms with Crippen LogP contribution in [0.4, 0.5) is 0 Å². The van der Waals surface area contributed by atoms with Crippen LogP contribution in [0.1, 0.15) is 27.2 Å². The van der Waals surface area contributed by atoms with Crippen molar-refractivity contribution >= 4 is 5.78 Å². The smallest absolute Gasteiger partial charge is 0.152 e. The third-order valence-corrected chi connectivity index (χ3v) is 2.13. The minimum atomic E-state index is 0.136. The summed E-state index contributed by atoms with van der Waals surface area (Å²) in [5.74, 6) is 0.387. The van der Waals surface area contributed by atoms with Gasteiger partial charge >= 0.3 is 0 Å². The van der Waals surface area contributed by atoms with E-state index in [9.17, 15) is 4.79 Å². The van der Waals surface area contributed by atoms with E-state index in [1.807, 2.05) is 7.05 Å². The van der Waals surface area contributed by atoms with Gasteiger partial charge in [0, 0.05) is 12.0 Å². The highest BCUT2D eigenvalue weighted by Gasteiger charge is 2.41. The summed E-state index contributed by atoms with van der Waals surface area (Å²) in [6.45, 7) is 6.37. The number of likely N-dealkylation sites (N-methyl/N-ethyl adjacent to an activating group) is 1. The molecule has 2 nitrogen and oxygen atoms in total. The molecule has 1 fully saturated rings. The molecule has 1 atom stereocenters. The van der Waals surface area contributed by atoms with Gasteiger partial charge in [-0.2, -0.15) is 0 Å². The molecular formula is C8H15NO. The lowest BCUT2D eigenvalue weighted by atomic mass is 10.1. The third kappa shape index (κ3) is 1.37. The Bertz CT molecular complexity index is 157. The van der Waals surface area contributed by atoms with Gasteiger partial charge in [-0.3, -0.25) is 9.69 Å². The number of hydrogen-bond acceptors (Lipinski definition) is 2. The number of carbonyl (C=O) groups is 1. The van der Waals surface area contributed by atoms with E-state index in [1.165, 1.54) is 0 Å². The number of Topliss-reactive ketones (excluding diaryl/α,β-unsaturated/α-hetero) is 1. The lowest BCUT2D eigenvalue weighted by Crippen LogP contribution is -2.40. The van der Waals surface area contributed by atoms with E-state index in [1.54, 1.807) is 0 Å². The summed E-state index contributed by atoms with van der Waals surface area (Å²) in [6, 6.07) is 0.222. The molecule has 1 rings (SSSR count). The molecule has 0 spiro atoms. The normalized spacial score (nSPS) is 25.7. The molecule has 1 aliphatic carbocycles.